The molecule has 12 aliphatic heterocycles. The van der Waals surface area contributed by atoms with Gasteiger partial charge in [-0.25, -0.2) is 46.1 Å². The number of amides is 3. The van der Waals surface area contributed by atoms with Gasteiger partial charge in [0.25, 0.3) is 17.7 Å². The Hall–Kier alpha value is -12.1. The summed E-state index contributed by atoms with van der Waals surface area (Å²) in [4.78, 5) is 103. The van der Waals surface area contributed by atoms with Gasteiger partial charge in [0.05, 0.1) is 75.0 Å². The van der Waals surface area contributed by atoms with Crippen LogP contribution in [-0.2, 0) is 58.0 Å². The van der Waals surface area contributed by atoms with E-state index in [9.17, 15) is 40.7 Å². The van der Waals surface area contributed by atoms with E-state index >= 15 is 0 Å². The fourth-order valence-electron chi connectivity index (χ4n) is 25.5. The number of halogens is 9. The number of nitrogens with zero attached hydrogens (tertiary/aromatic N) is 21. The van der Waals surface area contributed by atoms with Gasteiger partial charge in [0, 0.05) is 162 Å². The van der Waals surface area contributed by atoms with E-state index in [1.54, 1.807) is 25.3 Å². The first-order chi connectivity index (χ1) is 69.8. The Balaban J connectivity index is 0.000000143. The fraction of sp³-hybridized carbons (Fsp3) is 0.505. The van der Waals surface area contributed by atoms with E-state index in [-0.39, 0.29) is 95.8 Å². The monoisotopic (exact) mass is 2060 g/mol. The summed E-state index contributed by atoms with van der Waals surface area (Å²) in [5.41, 5.74) is 7.75. The molecule has 9 atom stereocenters. The molecule has 6 aromatic carbocycles. The molecule has 3 amide bonds. The number of carbonyl (C=O) groups excluding carboxylic acids is 3. The summed E-state index contributed by atoms with van der Waals surface area (Å²) in [6, 6.07) is 26.1. The molecule has 37 heteroatoms. The molecule has 15 heterocycles. The van der Waals surface area contributed by atoms with Crippen molar-refractivity contribution in [1.29, 1.82) is 0 Å². The van der Waals surface area contributed by atoms with Crippen LogP contribution in [0, 0.1) is 60.3 Å². The Kier molecular flexibility index (Phi) is 30.6. The first-order valence-electron chi connectivity index (χ1n) is 50.1. The average molecular weight is 2060 g/mol. The number of ether oxygens (including phenoxy) is 4. The Morgan fingerprint density at radius 2 is 0.781 bits per heavy atom. The van der Waals surface area contributed by atoms with Gasteiger partial charge in [-0.2, -0.15) is 29.9 Å². The third-order valence-electron chi connectivity index (χ3n) is 31.6. The van der Waals surface area contributed by atoms with Gasteiger partial charge in [-0.15, -0.1) is 0 Å². The van der Waals surface area contributed by atoms with Crippen LogP contribution in [0.25, 0.3) is 46.9 Å². The minimum absolute atomic E-state index is 0. The van der Waals surface area contributed by atoms with Gasteiger partial charge in [0.15, 0.2) is 17.5 Å². The van der Waals surface area contributed by atoms with E-state index in [0.29, 0.717) is 182 Å². The minimum Gasteiger partial charge on any atom is -0.461 e. The van der Waals surface area contributed by atoms with Crippen molar-refractivity contribution in [2.24, 2.45) is 23.2 Å². The lowest BCUT2D eigenvalue weighted by atomic mass is 9.81. The van der Waals surface area contributed by atoms with Crippen LogP contribution in [-0.4, -0.2) is 283 Å². The molecular weight excluding hydrogens is 1940 g/mol. The summed E-state index contributed by atoms with van der Waals surface area (Å²) < 4.78 is 111. The summed E-state index contributed by atoms with van der Waals surface area (Å²) in [6.45, 7) is 55.8. The minimum atomic E-state index is -1.04. The molecule has 12 aliphatic rings. The van der Waals surface area contributed by atoms with E-state index in [4.69, 9.17) is 103 Å². The second kappa shape index (κ2) is 43.0. The first kappa shape index (κ1) is 104. The lowest BCUT2D eigenvalue weighted by Gasteiger charge is -2.41. The molecule has 0 bridgehead atoms. The molecule has 146 heavy (non-hydrogen) atoms. The molecule has 21 rings (SSSR count). The van der Waals surface area contributed by atoms with Crippen molar-refractivity contribution in [2.75, 3.05) is 200 Å². The summed E-state index contributed by atoms with van der Waals surface area (Å²) in [6.07, 6.45) is 10.3. The number of carbonyl (C=O) groups is 3. The van der Waals surface area contributed by atoms with E-state index in [0.717, 1.165) is 158 Å². The van der Waals surface area contributed by atoms with Crippen molar-refractivity contribution in [1.82, 2.24) is 59.3 Å². The molecule has 770 valence electrons. The maximum absolute atomic E-state index is 14.7. The van der Waals surface area contributed by atoms with E-state index < -0.39 is 70.8 Å². The van der Waals surface area contributed by atoms with Gasteiger partial charge in [-0.3, -0.25) is 29.1 Å². The average Bonchev–Trinajstić information content (AvgIpc) is 1.62. The summed E-state index contributed by atoms with van der Waals surface area (Å²) in [5, 5.41) is 4.81. The lowest BCUT2D eigenvalue weighted by Crippen LogP contribution is -2.57. The number of aromatic nitrogens is 6. The fourth-order valence-corrected chi connectivity index (χ4v) is 26.3. The Bertz CT molecular complexity index is 6710. The number of anilines is 6. The van der Waals surface area contributed by atoms with E-state index in [1.165, 1.54) is 32.9 Å². The number of methoxy groups -OCH3 is 1. The van der Waals surface area contributed by atoms with Crippen LogP contribution in [0.1, 0.15) is 120 Å². The largest absolute Gasteiger partial charge is 0.461 e. The standard InChI is InChI=1S/C37H42ClF2N7O2.C36H40ClF2N7O3.C35H38ClF2N7O2.CH4/c1-23-15-37(20-36(3,4)21-46(37)17-23)22-49-35-42-29-19-44(30-8-6-7-25-9-10-28(40)32(38)31(25)30)12-11-27(29)33(43-35)45-13-14-47(34(48)24(2)39)26(18-45)16-41-5;1-23(38)34(47)46-15-14-44(19-26(46)17-40-2)33-27-10-13-43(30-7-4-6-25-8-9-28(39)32(37)31(25)30)20-29(27)41-35(42-33)49-22-36-11-5-12-45(36)18-24(16-36)21-48-3;1-22-16-35(11-5-12-44(35)18-22)21-47-34-40-28-20-42(29-7-4-6-24-8-9-27(38)31(36)30(24)29)13-10-26(28)32(41-34)43-14-15-45(33(46)23(2)37)25(19-43)17-39-3;/h6-10,23,26H,2,11-22H2,1,3-4H3;4,6-9,24,26H,1,5,10-22H2,3H3;4,6-9,22,25H,2,5,10-21H2,1H3;1H4/t23?,26-,37?;24?,26-,36?;22?,25-,35?;/m000./s1. The highest BCUT2D eigenvalue weighted by Crippen LogP contribution is 2.52. The molecule has 0 aliphatic carbocycles. The third kappa shape index (κ3) is 20.7. The van der Waals surface area contributed by atoms with Crippen LogP contribution in [0.4, 0.5) is 60.9 Å². The van der Waals surface area contributed by atoms with Crippen LogP contribution in [0.5, 0.6) is 18.0 Å². The van der Waals surface area contributed by atoms with Gasteiger partial charge in [0.2, 0.25) is 19.6 Å². The van der Waals surface area contributed by atoms with Crippen molar-refractivity contribution in [3.05, 3.63) is 229 Å². The number of hydrogen-bond acceptors (Lipinski definition) is 22. The zero-order valence-corrected chi connectivity index (χ0v) is 84.7. The van der Waals surface area contributed by atoms with Crippen molar-refractivity contribution in [2.45, 2.75) is 160 Å². The highest BCUT2D eigenvalue weighted by molar-refractivity contribution is 6.38. The van der Waals surface area contributed by atoms with Gasteiger partial charge in [0.1, 0.15) is 72.9 Å². The van der Waals surface area contributed by atoms with Gasteiger partial charge in [-0.05, 0) is 159 Å². The molecule has 9 fully saturated rings. The van der Waals surface area contributed by atoms with Gasteiger partial charge >= 0.3 is 18.0 Å². The van der Waals surface area contributed by atoms with Crippen molar-refractivity contribution < 1.29 is 59.7 Å². The Labute approximate surface area is 863 Å². The normalized spacial score (nSPS) is 24.1. The molecule has 0 saturated carbocycles. The molecule has 0 spiro atoms. The van der Waals surface area contributed by atoms with Gasteiger partial charge < -0.3 is 77.6 Å². The van der Waals surface area contributed by atoms with Crippen LogP contribution in [0.2, 0.25) is 15.1 Å². The summed E-state index contributed by atoms with van der Waals surface area (Å²) in [5.74, 6) is -3.09. The first-order valence-corrected chi connectivity index (χ1v) is 51.3. The maximum atomic E-state index is 14.7. The number of hydrogen-bond donors (Lipinski definition) is 0. The molecule has 9 saturated heterocycles. The SMILES string of the molecule is C.[C-]#[N+]C[C@H]1CN(c2nc(OCC34CC(C)CN3CC(C)(C)C4)nc3c2CCN(c2cccc4ccc(F)c(Cl)c24)C3)CCN1C(=O)C(=C)F.[C-]#[N+]C[C@H]1CN(c2nc(OCC34CCCN3CC(C)C4)nc3c2CCN(c2cccc4ccc(F)c(Cl)c24)C3)CCN1C(=O)C(=C)F.[C-]#[N+]C[C@H]1CN(c2nc(OCC34CCCN3CC(COC)C4)nc3c2CCN(c2cccc4ccc(F)c(Cl)c24)C3)CCN1C(=O)C(=C)F. The molecule has 6 unspecified atom stereocenters. The Morgan fingerprint density at radius 3 is 1.14 bits per heavy atom. The number of fused-ring (bicyclic) bond motifs is 9. The number of piperazine rings is 3. The maximum Gasteiger partial charge on any atom is 0.318 e. The molecule has 9 aromatic rings. The molecule has 28 nitrogen and oxygen atoms in total. The topological polar surface area (TPSA) is 217 Å². The van der Waals surface area contributed by atoms with Crippen molar-refractivity contribution >= 4 is 119 Å². The molecular formula is C109H124Cl3F6N21O7. The third-order valence-corrected chi connectivity index (χ3v) is 32.7. The van der Waals surface area contributed by atoms with Crippen LogP contribution >= 0.6 is 34.8 Å². The molecule has 0 radical (unpaired) electrons. The predicted molar refractivity (Wildman–Crippen MR) is 556 cm³/mol. The zero-order chi connectivity index (χ0) is 102. The zero-order valence-electron chi connectivity index (χ0n) is 82.5. The predicted octanol–water partition coefficient (Wildman–Crippen LogP) is 17.9. The van der Waals surface area contributed by atoms with E-state index in [1.807, 2.05) is 54.6 Å². The van der Waals surface area contributed by atoms with Gasteiger partial charge in [-0.1, -0.05) is 144 Å². The highest BCUT2D eigenvalue weighted by atomic mass is 35.5. The quantitative estimate of drug-likeness (QED) is 0.0330. The smallest absolute Gasteiger partial charge is 0.318 e. The van der Waals surface area contributed by atoms with Crippen LogP contribution < -0.4 is 43.6 Å². The van der Waals surface area contributed by atoms with Crippen molar-refractivity contribution in [3.63, 3.8) is 0 Å². The molecule has 3 aromatic heterocycles. The molecule has 0 N–H and O–H groups in total. The van der Waals surface area contributed by atoms with Crippen molar-refractivity contribution in [3.8, 4) is 18.0 Å². The van der Waals surface area contributed by atoms with Crippen LogP contribution in [0.3, 0.4) is 0 Å². The summed E-state index contributed by atoms with van der Waals surface area (Å²) in [7, 11) is 1.74. The van der Waals surface area contributed by atoms with Crippen LogP contribution in [0.15, 0.2) is 128 Å². The summed E-state index contributed by atoms with van der Waals surface area (Å²) >= 11 is 19.6. The second-order valence-electron chi connectivity index (χ2n) is 42.0. The number of benzene rings is 6. The lowest BCUT2D eigenvalue weighted by molar-refractivity contribution is -0.131. The Morgan fingerprint density at radius 1 is 0.438 bits per heavy atom. The second-order valence-corrected chi connectivity index (χ2v) is 43.2. The number of rotatable bonds is 23. The highest BCUT2D eigenvalue weighted by Gasteiger charge is 2.56. The van der Waals surface area contributed by atoms with E-state index in [2.05, 4.69) is 106 Å².